The Morgan fingerprint density at radius 3 is 2.85 bits per heavy atom. The molecule has 0 spiro atoms. The highest BCUT2D eigenvalue weighted by atomic mass is 16.5. The van der Waals surface area contributed by atoms with Crippen molar-refractivity contribution in [3.63, 3.8) is 0 Å². The molecule has 0 amide bonds. The summed E-state index contributed by atoms with van der Waals surface area (Å²) >= 11 is 0. The van der Waals surface area contributed by atoms with Crippen LogP contribution in [0.4, 0.5) is 0 Å². The smallest absolute Gasteiger partial charge is 0.316 e. The van der Waals surface area contributed by atoms with Gasteiger partial charge in [0, 0.05) is 26.3 Å². The molecule has 1 aliphatic rings. The molecular formula is C14H17N3O3. The fraction of sp³-hybridized carbons (Fsp3) is 0.500. The molecule has 6 nitrogen and oxygen atoms in total. The van der Waals surface area contributed by atoms with Gasteiger partial charge in [0.25, 0.3) is 5.56 Å². The number of hydrogen-bond acceptors (Lipinski definition) is 5. The number of aryl methyl sites for hydroxylation is 1. The minimum absolute atomic E-state index is 0.0345. The van der Waals surface area contributed by atoms with Crippen LogP contribution in [0.3, 0.4) is 0 Å². The van der Waals surface area contributed by atoms with Crippen molar-refractivity contribution in [1.82, 2.24) is 14.5 Å². The molecule has 0 bridgehead atoms. The lowest BCUT2D eigenvalue weighted by Crippen LogP contribution is -2.22. The Morgan fingerprint density at radius 2 is 2.15 bits per heavy atom. The molecule has 0 radical (unpaired) electrons. The van der Waals surface area contributed by atoms with E-state index in [2.05, 4.69) is 9.97 Å². The van der Waals surface area contributed by atoms with Crippen LogP contribution in [0, 0.1) is 0 Å². The molecule has 0 saturated carbocycles. The minimum atomic E-state index is -0.0345. The zero-order valence-corrected chi connectivity index (χ0v) is 11.6. The van der Waals surface area contributed by atoms with Crippen LogP contribution in [-0.2, 0) is 11.8 Å². The van der Waals surface area contributed by atoms with E-state index in [0.29, 0.717) is 11.9 Å². The molecule has 1 fully saturated rings. The summed E-state index contributed by atoms with van der Waals surface area (Å²) in [6, 6.07) is 2.01. The molecule has 3 heterocycles. The number of rotatable bonds is 2. The fourth-order valence-corrected chi connectivity index (χ4v) is 2.65. The van der Waals surface area contributed by atoms with Crippen LogP contribution in [0.1, 0.15) is 24.3 Å². The molecule has 20 heavy (non-hydrogen) atoms. The SMILES string of the molecule is COc1ncc2c(n1)c(C1CCOCC1)cc(=O)n2C. The van der Waals surface area contributed by atoms with Crippen molar-refractivity contribution in [2.75, 3.05) is 20.3 Å². The number of methoxy groups -OCH3 is 1. The number of hydrogen-bond donors (Lipinski definition) is 0. The quantitative estimate of drug-likeness (QED) is 0.824. The lowest BCUT2D eigenvalue weighted by Gasteiger charge is -2.23. The summed E-state index contributed by atoms with van der Waals surface area (Å²) in [4.78, 5) is 20.6. The van der Waals surface area contributed by atoms with Gasteiger partial charge in [-0.3, -0.25) is 4.79 Å². The molecule has 0 atom stereocenters. The molecule has 6 heteroatoms. The zero-order valence-electron chi connectivity index (χ0n) is 11.6. The van der Waals surface area contributed by atoms with Crippen molar-refractivity contribution in [1.29, 1.82) is 0 Å². The van der Waals surface area contributed by atoms with E-state index in [9.17, 15) is 4.79 Å². The molecule has 106 valence electrons. The van der Waals surface area contributed by atoms with Gasteiger partial charge in [-0.2, -0.15) is 4.98 Å². The van der Waals surface area contributed by atoms with Crippen LogP contribution in [0.2, 0.25) is 0 Å². The van der Waals surface area contributed by atoms with Gasteiger partial charge in [-0.05, 0) is 24.3 Å². The highest BCUT2D eigenvalue weighted by Gasteiger charge is 2.21. The van der Waals surface area contributed by atoms with Crippen molar-refractivity contribution in [3.8, 4) is 6.01 Å². The first kappa shape index (κ1) is 13.1. The number of pyridine rings is 1. The fourth-order valence-electron chi connectivity index (χ4n) is 2.65. The normalized spacial score (nSPS) is 16.5. The summed E-state index contributed by atoms with van der Waals surface area (Å²) in [7, 11) is 3.27. The van der Waals surface area contributed by atoms with E-state index >= 15 is 0 Å². The molecular weight excluding hydrogens is 258 g/mol. The number of aromatic nitrogens is 3. The van der Waals surface area contributed by atoms with E-state index in [1.54, 1.807) is 23.9 Å². The van der Waals surface area contributed by atoms with Crippen LogP contribution >= 0.6 is 0 Å². The highest BCUT2D eigenvalue weighted by Crippen LogP contribution is 2.30. The Morgan fingerprint density at radius 1 is 1.40 bits per heavy atom. The predicted octanol–water partition coefficient (Wildman–Crippen LogP) is 1.23. The summed E-state index contributed by atoms with van der Waals surface area (Å²) in [5.41, 5.74) is 2.48. The monoisotopic (exact) mass is 275 g/mol. The van der Waals surface area contributed by atoms with Crippen molar-refractivity contribution in [2.45, 2.75) is 18.8 Å². The van der Waals surface area contributed by atoms with Gasteiger partial charge in [0.05, 0.1) is 24.3 Å². The highest BCUT2D eigenvalue weighted by molar-refractivity contribution is 5.78. The molecule has 3 rings (SSSR count). The predicted molar refractivity (Wildman–Crippen MR) is 74.1 cm³/mol. The van der Waals surface area contributed by atoms with Gasteiger partial charge in [-0.1, -0.05) is 0 Å². The van der Waals surface area contributed by atoms with Gasteiger partial charge >= 0.3 is 6.01 Å². The molecule has 1 aliphatic heterocycles. The third kappa shape index (κ3) is 2.16. The number of nitrogens with zero attached hydrogens (tertiary/aromatic N) is 3. The van der Waals surface area contributed by atoms with Gasteiger partial charge in [-0.25, -0.2) is 4.98 Å². The first-order chi connectivity index (χ1) is 9.70. The van der Waals surface area contributed by atoms with Crippen LogP contribution in [0.15, 0.2) is 17.1 Å². The molecule has 0 N–H and O–H groups in total. The van der Waals surface area contributed by atoms with E-state index in [4.69, 9.17) is 9.47 Å². The Kier molecular flexibility index (Phi) is 3.40. The first-order valence-corrected chi connectivity index (χ1v) is 6.69. The van der Waals surface area contributed by atoms with E-state index in [0.717, 1.165) is 42.7 Å². The molecule has 2 aromatic rings. The molecule has 0 aliphatic carbocycles. The first-order valence-electron chi connectivity index (χ1n) is 6.69. The van der Waals surface area contributed by atoms with E-state index in [-0.39, 0.29) is 5.56 Å². The van der Waals surface area contributed by atoms with Gasteiger partial charge in [-0.15, -0.1) is 0 Å². The van der Waals surface area contributed by atoms with Gasteiger partial charge in [0.2, 0.25) is 0 Å². The Bertz CT molecular complexity index is 690. The Balaban J connectivity index is 2.23. The summed E-state index contributed by atoms with van der Waals surface area (Å²) in [5, 5.41) is 0. The third-order valence-electron chi connectivity index (χ3n) is 3.84. The van der Waals surface area contributed by atoms with E-state index in [1.165, 1.54) is 7.11 Å². The summed E-state index contributed by atoms with van der Waals surface area (Å²) < 4.78 is 12.1. The number of ether oxygens (including phenoxy) is 2. The maximum absolute atomic E-state index is 12.1. The summed E-state index contributed by atoms with van der Waals surface area (Å²) in [5.74, 6) is 0.305. The Hall–Kier alpha value is -1.95. The van der Waals surface area contributed by atoms with Crippen molar-refractivity contribution in [2.24, 2.45) is 7.05 Å². The van der Waals surface area contributed by atoms with E-state index < -0.39 is 0 Å². The minimum Gasteiger partial charge on any atom is -0.467 e. The largest absolute Gasteiger partial charge is 0.467 e. The Labute approximate surface area is 116 Å². The van der Waals surface area contributed by atoms with Crippen LogP contribution in [0.5, 0.6) is 6.01 Å². The molecule has 1 saturated heterocycles. The maximum atomic E-state index is 12.1. The van der Waals surface area contributed by atoms with Gasteiger partial charge in [0.1, 0.15) is 0 Å². The van der Waals surface area contributed by atoms with Gasteiger partial charge < -0.3 is 14.0 Å². The second-order valence-corrected chi connectivity index (χ2v) is 4.97. The average Bonchev–Trinajstić information content (AvgIpc) is 2.51. The second-order valence-electron chi connectivity index (χ2n) is 4.97. The topological polar surface area (TPSA) is 66.2 Å². The van der Waals surface area contributed by atoms with Crippen molar-refractivity contribution < 1.29 is 9.47 Å². The van der Waals surface area contributed by atoms with Crippen LogP contribution < -0.4 is 10.3 Å². The summed E-state index contributed by atoms with van der Waals surface area (Å²) in [6.07, 6.45) is 3.47. The third-order valence-corrected chi connectivity index (χ3v) is 3.84. The average molecular weight is 275 g/mol. The number of fused-ring (bicyclic) bond motifs is 1. The lowest BCUT2D eigenvalue weighted by atomic mass is 9.91. The summed E-state index contributed by atoms with van der Waals surface area (Å²) in [6.45, 7) is 1.45. The molecule has 0 unspecified atom stereocenters. The van der Waals surface area contributed by atoms with Crippen LogP contribution in [-0.4, -0.2) is 34.9 Å². The maximum Gasteiger partial charge on any atom is 0.316 e. The standard InChI is InChI=1S/C14H17N3O3/c1-17-11-8-15-14(19-2)16-13(11)10(7-12(17)18)9-3-5-20-6-4-9/h7-9H,3-6H2,1-2H3. The van der Waals surface area contributed by atoms with Crippen LogP contribution in [0.25, 0.3) is 11.0 Å². The van der Waals surface area contributed by atoms with E-state index in [1.807, 2.05) is 0 Å². The lowest BCUT2D eigenvalue weighted by molar-refractivity contribution is 0.0855. The van der Waals surface area contributed by atoms with Gasteiger partial charge in [0.15, 0.2) is 0 Å². The van der Waals surface area contributed by atoms with Crippen molar-refractivity contribution >= 4 is 11.0 Å². The zero-order chi connectivity index (χ0) is 14.1. The molecule has 2 aromatic heterocycles. The van der Waals surface area contributed by atoms with Crippen molar-refractivity contribution in [3.05, 3.63) is 28.2 Å². The second kappa shape index (κ2) is 5.20. The molecule has 0 aromatic carbocycles.